The average Bonchev–Trinajstić information content (AvgIpc) is 3.96. The lowest BCUT2D eigenvalue weighted by atomic mass is 10.2. The van der Waals surface area contributed by atoms with E-state index in [1.54, 1.807) is 26.0 Å². The van der Waals surface area contributed by atoms with Gasteiger partial charge in [0.25, 0.3) is 11.9 Å². The van der Waals surface area contributed by atoms with Gasteiger partial charge in [0.1, 0.15) is 11.9 Å². The van der Waals surface area contributed by atoms with E-state index in [2.05, 4.69) is 70.8 Å². The molecule has 24 heteroatoms. The molecule has 0 radical (unpaired) electrons. The van der Waals surface area contributed by atoms with E-state index in [9.17, 15) is 14.4 Å². The van der Waals surface area contributed by atoms with Gasteiger partial charge in [-0.1, -0.05) is 0 Å². The van der Waals surface area contributed by atoms with Crippen molar-refractivity contribution in [3.63, 3.8) is 0 Å². The third-order valence-electron chi connectivity index (χ3n) is 7.44. The number of aryl methyl sites for hydroxylation is 2. The molecule has 0 atom stereocenters. The molecule has 0 bridgehead atoms. The van der Waals surface area contributed by atoms with Crippen LogP contribution in [-0.4, -0.2) is 94.2 Å². The van der Waals surface area contributed by atoms with Crippen molar-refractivity contribution < 1.29 is 19.1 Å². The van der Waals surface area contributed by atoms with Crippen molar-refractivity contribution in [3.05, 3.63) is 84.2 Å². The van der Waals surface area contributed by atoms with Gasteiger partial charge in [0.15, 0.2) is 52.6 Å². The third-order valence-corrected chi connectivity index (χ3v) is 7.44. The lowest BCUT2D eigenvalue weighted by molar-refractivity contribution is -0.104. The number of nitrogens with zero attached hydrogens (tertiary/aromatic N) is 18. The first kappa shape index (κ1) is 34.2. The number of carbonyl (C=O) groups excluding carboxylic acids is 3. The van der Waals surface area contributed by atoms with E-state index in [1.807, 2.05) is 0 Å². The fourth-order valence-electron chi connectivity index (χ4n) is 4.90. The summed E-state index contributed by atoms with van der Waals surface area (Å²) >= 11 is 0. The van der Waals surface area contributed by atoms with Crippen LogP contribution >= 0.6 is 0 Å². The minimum Gasteiger partial charge on any atom is -0.465 e. The van der Waals surface area contributed by atoms with Crippen LogP contribution in [0.15, 0.2) is 82.2 Å². The van der Waals surface area contributed by atoms with Crippen molar-refractivity contribution in [2.24, 2.45) is 20.5 Å². The number of hydrogen-bond acceptors (Lipinski definition) is 20. The lowest BCUT2D eigenvalue weighted by Crippen LogP contribution is -2.09. The monoisotopic (exact) mass is 728 g/mol. The number of hydrogen-bond donors (Lipinski definition) is 2. The summed E-state index contributed by atoms with van der Waals surface area (Å²) in [5.74, 6) is -1.00. The molecule has 54 heavy (non-hydrogen) atoms. The molecule has 0 unspecified atom stereocenters. The molecule has 0 fully saturated rings. The molecule has 0 aromatic carbocycles. The number of aldehydes is 1. The summed E-state index contributed by atoms with van der Waals surface area (Å²) in [5, 5.41) is 34.2. The predicted molar refractivity (Wildman–Crippen MR) is 183 cm³/mol. The highest BCUT2D eigenvalue weighted by Gasteiger charge is 2.24. The molecule has 0 spiro atoms. The van der Waals surface area contributed by atoms with E-state index >= 15 is 0 Å². The maximum Gasteiger partial charge on any atom is 0.343 e. The quantitative estimate of drug-likeness (QED) is 0.0635. The molecule has 4 N–H and O–H groups in total. The average molecular weight is 729 g/mol. The highest BCUT2D eigenvalue weighted by molar-refractivity contribution is 6.34. The Bertz CT molecular complexity index is 2600. The van der Waals surface area contributed by atoms with Gasteiger partial charge >= 0.3 is 5.97 Å². The van der Waals surface area contributed by atoms with Crippen molar-refractivity contribution in [3.8, 4) is 23.5 Å². The normalized spacial score (nSPS) is 11.5. The van der Waals surface area contributed by atoms with E-state index < -0.39 is 11.8 Å². The zero-order valence-electron chi connectivity index (χ0n) is 28.2. The Labute approximate surface area is 301 Å². The molecule has 24 nitrogen and oxygen atoms in total. The van der Waals surface area contributed by atoms with Crippen LogP contribution in [0.25, 0.3) is 23.5 Å². The summed E-state index contributed by atoms with van der Waals surface area (Å²) in [6, 6.07) is 4.72. The summed E-state index contributed by atoms with van der Waals surface area (Å²) in [6.45, 7) is 3.28. The Morgan fingerprint density at radius 1 is 0.685 bits per heavy atom. The summed E-state index contributed by atoms with van der Waals surface area (Å²) < 4.78 is 9.85. The number of rotatable bonds is 11. The Kier molecular flexibility index (Phi) is 8.94. The third kappa shape index (κ3) is 6.16. The maximum absolute atomic E-state index is 12.5. The van der Waals surface area contributed by atoms with Crippen LogP contribution in [-0.2, 0) is 9.53 Å². The molecule has 0 amide bonds. The molecule has 0 saturated carbocycles. The Balaban J connectivity index is 1.21. The highest BCUT2D eigenvalue weighted by Crippen LogP contribution is 2.34. The molecule has 7 heterocycles. The number of azo groups is 2. The van der Waals surface area contributed by atoms with Crippen molar-refractivity contribution in [2.45, 2.75) is 13.8 Å². The molecule has 268 valence electrons. The SMILES string of the molecule is COC(=O)c1cnn(-c2ncccn2)c1N=Nc1c(C)nn(-c2cc(-n3nc(C)c(N=Nc4c(C(=O)C=O)cnn4-c4ncccn4)c3N)ncn2)c1N. The van der Waals surface area contributed by atoms with Crippen LogP contribution in [0.2, 0.25) is 0 Å². The second-order valence-electron chi connectivity index (χ2n) is 10.8. The zero-order valence-corrected chi connectivity index (χ0v) is 28.2. The van der Waals surface area contributed by atoms with Crippen LogP contribution in [0.1, 0.15) is 32.1 Å². The molecule has 0 saturated heterocycles. The van der Waals surface area contributed by atoms with E-state index in [1.165, 1.54) is 64.5 Å². The molecule has 7 rings (SSSR count). The minimum atomic E-state index is -0.878. The van der Waals surface area contributed by atoms with E-state index in [0.717, 1.165) is 10.9 Å². The van der Waals surface area contributed by atoms with Gasteiger partial charge in [-0.15, -0.1) is 20.5 Å². The van der Waals surface area contributed by atoms with Crippen LogP contribution in [0.3, 0.4) is 0 Å². The first-order valence-corrected chi connectivity index (χ1v) is 15.3. The van der Waals surface area contributed by atoms with Crippen molar-refractivity contribution in [1.82, 2.24) is 69.0 Å². The largest absolute Gasteiger partial charge is 0.465 e. The number of Topliss-reactive ketones (excluding diaryl/α,β-unsaturated/α-hetero) is 1. The smallest absolute Gasteiger partial charge is 0.343 e. The van der Waals surface area contributed by atoms with Gasteiger partial charge < -0.3 is 16.2 Å². The molecule has 7 aromatic heterocycles. The van der Waals surface area contributed by atoms with Gasteiger partial charge in [0.2, 0.25) is 5.78 Å². The zero-order chi connectivity index (χ0) is 37.9. The number of nitrogen functional groups attached to an aromatic ring is 2. The predicted octanol–water partition coefficient (Wildman–Crippen LogP) is 2.58. The lowest BCUT2D eigenvalue weighted by Gasteiger charge is -2.06. The molecule has 0 aliphatic rings. The summed E-state index contributed by atoms with van der Waals surface area (Å²) in [4.78, 5) is 61.3. The maximum atomic E-state index is 12.5. The van der Waals surface area contributed by atoms with Gasteiger partial charge in [-0.05, 0) is 26.0 Å². The number of methoxy groups -OCH3 is 1. The number of ketones is 1. The second kappa shape index (κ2) is 14.1. The fraction of sp³-hybridized carbons (Fsp3) is 0.100. The van der Waals surface area contributed by atoms with Crippen molar-refractivity contribution in [1.29, 1.82) is 0 Å². The van der Waals surface area contributed by atoms with E-state index in [-0.39, 0.29) is 75.6 Å². The molecule has 0 aliphatic heterocycles. The van der Waals surface area contributed by atoms with Crippen LogP contribution < -0.4 is 11.5 Å². The van der Waals surface area contributed by atoms with E-state index in [0.29, 0.717) is 11.4 Å². The first-order valence-electron chi connectivity index (χ1n) is 15.3. The first-order chi connectivity index (χ1) is 26.2. The Morgan fingerprint density at radius 2 is 1.15 bits per heavy atom. The number of carbonyl (C=O) groups is 3. The summed E-state index contributed by atoms with van der Waals surface area (Å²) in [7, 11) is 1.22. The topological polar surface area (TPSA) is 311 Å². The van der Waals surface area contributed by atoms with Crippen molar-refractivity contribution >= 4 is 52.7 Å². The van der Waals surface area contributed by atoms with Gasteiger partial charge in [-0.3, -0.25) is 9.59 Å². The number of esters is 1. The molecular weight excluding hydrogens is 704 g/mol. The standard InChI is InChI=1S/C30H24N20O4/c1-15-22(41-43-26-17(19(52)13-51)11-39-49(26)29-33-6-4-7-34-29)24(31)47(45-15)20-10-21(38-14-37-20)48-25(32)23(16(2)46-48)42-44-27-18(28(53)54-3)12-40-50(27)30-35-8-5-9-36-30/h4-14H,31-32H2,1-3H3. The Morgan fingerprint density at radius 3 is 1.61 bits per heavy atom. The molecule has 0 aliphatic carbocycles. The summed E-state index contributed by atoms with van der Waals surface area (Å²) in [6.07, 6.45) is 9.75. The number of aromatic nitrogens is 14. The van der Waals surface area contributed by atoms with Gasteiger partial charge in [0.05, 0.1) is 36.5 Å². The van der Waals surface area contributed by atoms with Gasteiger partial charge in [-0.25, -0.2) is 34.7 Å². The van der Waals surface area contributed by atoms with E-state index in [4.69, 9.17) is 16.2 Å². The minimum absolute atomic E-state index is 0.00850. The van der Waals surface area contributed by atoms with Gasteiger partial charge in [0, 0.05) is 30.9 Å². The van der Waals surface area contributed by atoms with Gasteiger partial charge in [-0.2, -0.15) is 39.1 Å². The fourth-order valence-corrected chi connectivity index (χ4v) is 4.90. The molecule has 7 aromatic rings. The number of nitrogens with two attached hydrogens (primary N) is 2. The highest BCUT2D eigenvalue weighted by atomic mass is 16.5. The van der Waals surface area contributed by atoms with Crippen LogP contribution in [0, 0.1) is 13.8 Å². The Hall–Kier alpha value is -8.31. The summed E-state index contributed by atoms with van der Waals surface area (Å²) in [5.41, 5.74) is 13.8. The van der Waals surface area contributed by atoms with Crippen LogP contribution in [0.5, 0.6) is 0 Å². The van der Waals surface area contributed by atoms with Crippen LogP contribution in [0.4, 0.5) is 34.6 Å². The number of anilines is 2. The number of ether oxygens (including phenoxy) is 1. The van der Waals surface area contributed by atoms with Crippen molar-refractivity contribution in [2.75, 3.05) is 18.6 Å². The second-order valence-corrected chi connectivity index (χ2v) is 10.8. The molecular formula is C30H24N20O4.